The molecule has 0 aliphatic carbocycles. The van der Waals surface area contributed by atoms with Crippen molar-refractivity contribution in [2.24, 2.45) is 7.05 Å². The number of aliphatic carboxylic acids is 1. The second kappa shape index (κ2) is 9.38. The fourth-order valence-corrected chi connectivity index (χ4v) is 3.45. The molecule has 0 radical (unpaired) electrons. The van der Waals surface area contributed by atoms with E-state index >= 15 is 0 Å². The van der Waals surface area contributed by atoms with Gasteiger partial charge >= 0.3 is 12.0 Å². The number of pyridine rings is 1. The van der Waals surface area contributed by atoms with Crippen molar-refractivity contribution in [3.63, 3.8) is 0 Å². The van der Waals surface area contributed by atoms with E-state index in [0.717, 1.165) is 16.7 Å². The molecule has 0 aliphatic rings. The van der Waals surface area contributed by atoms with Gasteiger partial charge in [-0.3, -0.25) is 9.59 Å². The Labute approximate surface area is 185 Å². The lowest BCUT2D eigenvalue weighted by atomic mass is 9.97. The Morgan fingerprint density at radius 1 is 1.06 bits per heavy atom. The molecular formula is C24H25N3O5. The molecule has 1 unspecified atom stereocenters. The third-order valence-electron chi connectivity index (χ3n) is 5.34. The summed E-state index contributed by atoms with van der Waals surface area (Å²) < 4.78 is 1.29. The summed E-state index contributed by atoms with van der Waals surface area (Å²) in [6.45, 7) is 3.65. The van der Waals surface area contributed by atoms with E-state index in [1.807, 2.05) is 43.3 Å². The molecule has 4 N–H and O–H groups in total. The minimum absolute atomic E-state index is 0.278. The van der Waals surface area contributed by atoms with Gasteiger partial charge in [-0.1, -0.05) is 48.5 Å². The maximum Gasteiger partial charge on any atom is 0.319 e. The van der Waals surface area contributed by atoms with Crippen molar-refractivity contribution in [2.75, 3.05) is 5.32 Å². The number of amides is 2. The molecule has 2 aromatic carbocycles. The molecular weight excluding hydrogens is 410 g/mol. The second-order valence-corrected chi connectivity index (χ2v) is 7.60. The van der Waals surface area contributed by atoms with E-state index < -0.39 is 23.6 Å². The summed E-state index contributed by atoms with van der Waals surface area (Å²) in [5, 5.41) is 24.3. The first-order valence-corrected chi connectivity index (χ1v) is 10.0. The smallest absolute Gasteiger partial charge is 0.319 e. The maximum atomic E-state index is 12.5. The van der Waals surface area contributed by atoms with Crippen molar-refractivity contribution in [2.45, 2.75) is 26.3 Å². The van der Waals surface area contributed by atoms with Crippen LogP contribution in [0.5, 0.6) is 5.75 Å². The highest BCUT2D eigenvalue weighted by Gasteiger charge is 2.20. The van der Waals surface area contributed by atoms with Gasteiger partial charge in [-0.2, -0.15) is 0 Å². The zero-order valence-corrected chi connectivity index (χ0v) is 18.0. The number of aromatic hydroxyl groups is 1. The van der Waals surface area contributed by atoms with E-state index in [1.54, 1.807) is 19.1 Å². The van der Waals surface area contributed by atoms with Crippen molar-refractivity contribution in [1.82, 2.24) is 9.88 Å². The number of carbonyl (C=O) groups excluding carboxylic acids is 1. The highest BCUT2D eigenvalue weighted by Crippen LogP contribution is 2.26. The lowest BCUT2D eigenvalue weighted by Gasteiger charge is -2.19. The summed E-state index contributed by atoms with van der Waals surface area (Å²) >= 11 is 0. The summed E-state index contributed by atoms with van der Waals surface area (Å²) in [6.07, 6.45) is -0.352. The molecule has 1 aromatic heterocycles. The van der Waals surface area contributed by atoms with Crippen molar-refractivity contribution in [1.29, 1.82) is 0 Å². The quantitative estimate of drug-likeness (QED) is 0.470. The van der Waals surface area contributed by atoms with E-state index in [1.165, 1.54) is 17.7 Å². The average molecular weight is 435 g/mol. The molecule has 0 saturated carbocycles. The molecule has 1 heterocycles. The summed E-state index contributed by atoms with van der Waals surface area (Å²) in [5.41, 5.74) is 3.41. The number of carboxylic acids is 1. The first kappa shape index (κ1) is 22.6. The van der Waals surface area contributed by atoms with Crippen LogP contribution in [-0.4, -0.2) is 26.8 Å². The number of carboxylic acid groups (broad SMARTS) is 1. The Balaban J connectivity index is 1.82. The highest BCUT2D eigenvalue weighted by atomic mass is 16.4. The molecule has 8 nitrogen and oxygen atoms in total. The zero-order chi connectivity index (χ0) is 23.4. The van der Waals surface area contributed by atoms with Crippen molar-refractivity contribution in [3.8, 4) is 16.9 Å². The van der Waals surface area contributed by atoms with Crippen LogP contribution in [0.1, 0.15) is 29.3 Å². The monoisotopic (exact) mass is 435 g/mol. The molecule has 3 aromatic rings. The van der Waals surface area contributed by atoms with Crippen LogP contribution in [0, 0.1) is 13.8 Å². The molecule has 0 spiro atoms. The number of carbonyl (C=O) groups is 2. The number of urea groups is 1. The lowest BCUT2D eigenvalue weighted by Crippen LogP contribution is -2.36. The van der Waals surface area contributed by atoms with Crippen LogP contribution in [-0.2, 0) is 11.8 Å². The predicted molar refractivity (Wildman–Crippen MR) is 122 cm³/mol. The van der Waals surface area contributed by atoms with Crippen molar-refractivity contribution < 1.29 is 19.8 Å². The van der Waals surface area contributed by atoms with Gasteiger partial charge in [-0.25, -0.2) is 4.79 Å². The number of aromatic nitrogens is 1. The second-order valence-electron chi connectivity index (χ2n) is 7.60. The zero-order valence-electron chi connectivity index (χ0n) is 18.0. The van der Waals surface area contributed by atoms with Crippen LogP contribution >= 0.6 is 0 Å². The normalized spacial score (nSPS) is 11.6. The van der Waals surface area contributed by atoms with Gasteiger partial charge in [-0.05, 0) is 36.1 Å². The van der Waals surface area contributed by atoms with E-state index in [2.05, 4.69) is 10.6 Å². The van der Waals surface area contributed by atoms with E-state index in [9.17, 15) is 24.6 Å². The fraction of sp³-hybridized carbons (Fsp3) is 0.208. The van der Waals surface area contributed by atoms with Crippen molar-refractivity contribution in [3.05, 3.63) is 81.8 Å². The molecule has 32 heavy (non-hydrogen) atoms. The van der Waals surface area contributed by atoms with Gasteiger partial charge in [0.1, 0.15) is 5.75 Å². The number of nitrogens with zero attached hydrogens (tertiary/aromatic N) is 1. The van der Waals surface area contributed by atoms with Crippen molar-refractivity contribution >= 4 is 17.7 Å². The molecule has 2 amide bonds. The SMILES string of the molecule is Cc1ccccc1-c1ccc(C(CC(=O)O)NC(=O)Nc2c(O)cc(C)n(C)c2=O)cc1. The fourth-order valence-electron chi connectivity index (χ4n) is 3.45. The predicted octanol–water partition coefficient (Wildman–Crippen LogP) is 3.71. The van der Waals surface area contributed by atoms with Gasteiger partial charge in [0.05, 0.1) is 12.5 Å². The van der Waals surface area contributed by atoms with Gasteiger partial charge in [0, 0.05) is 18.8 Å². The van der Waals surface area contributed by atoms with Gasteiger partial charge in [0.15, 0.2) is 5.69 Å². The number of aryl methyl sites for hydroxylation is 2. The molecule has 0 aliphatic heterocycles. The number of hydrogen-bond donors (Lipinski definition) is 4. The molecule has 3 rings (SSSR count). The minimum atomic E-state index is -1.09. The van der Waals surface area contributed by atoms with Crippen LogP contribution in [0.3, 0.4) is 0 Å². The molecule has 0 bridgehead atoms. The largest absolute Gasteiger partial charge is 0.505 e. The summed E-state index contributed by atoms with van der Waals surface area (Å²) in [6, 6.07) is 14.9. The summed E-state index contributed by atoms with van der Waals surface area (Å²) in [7, 11) is 1.52. The number of hydrogen-bond acceptors (Lipinski definition) is 4. The number of nitrogens with one attached hydrogen (secondary N) is 2. The molecule has 8 heteroatoms. The van der Waals surface area contributed by atoms with Crippen LogP contribution in [0.4, 0.5) is 10.5 Å². The number of rotatable bonds is 6. The van der Waals surface area contributed by atoms with Crippen LogP contribution in [0.2, 0.25) is 0 Å². The van der Waals surface area contributed by atoms with E-state index in [0.29, 0.717) is 11.3 Å². The number of anilines is 1. The van der Waals surface area contributed by atoms with E-state index in [4.69, 9.17) is 0 Å². The topological polar surface area (TPSA) is 121 Å². The van der Waals surface area contributed by atoms with Gasteiger partial charge in [0.2, 0.25) is 0 Å². The molecule has 0 saturated heterocycles. The minimum Gasteiger partial charge on any atom is -0.505 e. The Hall–Kier alpha value is -4.07. The Bertz CT molecular complexity index is 1220. The van der Waals surface area contributed by atoms with Gasteiger partial charge in [0.25, 0.3) is 5.56 Å². The third-order valence-corrected chi connectivity index (χ3v) is 5.34. The Kier molecular flexibility index (Phi) is 6.63. The maximum absolute atomic E-state index is 12.5. The van der Waals surface area contributed by atoms with E-state index in [-0.39, 0.29) is 17.9 Å². The Morgan fingerprint density at radius 3 is 2.34 bits per heavy atom. The Morgan fingerprint density at radius 2 is 1.72 bits per heavy atom. The first-order chi connectivity index (χ1) is 15.2. The highest BCUT2D eigenvalue weighted by molar-refractivity contribution is 5.91. The number of benzene rings is 2. The molecule has 0 fully saturated rings. The molecule has 166 valence electrons. The molecule has 1 atom stereocenters. The summed E-state index contributed by atoms with van der Waals surface area (Å²) in [5.74, 6) is -1.45. The lowest BCUT2D eigenvalue weighted by molar-refractivity contribution is -0.137. The standard InChI is InChI=1S/C24H25N3O5/c1-14-6-4-5-7-18(14)16-8-10-17(11-9-16)19(13-21(29)30)25-24(32)26-22-20(28)12-15(2)27(3)23(22)31/h4-12,19,28H,13H2,1-3H3,(H,29,30)(H2,25,26,32). The first-order valence-electron chi connectivity index (χ1n) is 10.0. The van der Waals surface area contributed by atoms with Crippen LogP contribution < -0.4 is 16.2 Å². The van der Waals surface area contributed by atoms with Crippen LogP contribution in [0.15, 0.2) is 59.4 Å². The van der Waals surface area contributed by atoms with Crippen LogP contribution in [0.25, 0.3) is 11.1 Å². The van der Waals surface area contributed by atoms with Gasteiger partial charge < -0.3 is 25.4 Å². The van der Waals surface area contributed by atoms with Gasteiger partial charge in [-0.15, -0.1) is 0 Å². The average Bonchev–Trinajstić information content (AvgIpc) is 2.75. The summed E-state index contributed by atoms with van der Waals surface area (Å²) in [4.78, 5) is 36.3. The third kappa shape index (κ3) is 4.97.